The SMILES string of the molecule is O=C(CCCC(=O)ON1C(=O)CCC1=O)NCCOCCNC(=O)c1cccc(C(=O)NCCN2CCNC(=O)c3cccc(c3O)C(=O)NCCN3CCNC(=O)c4cccc(c4O)C(=O)NCCN(CCNC(=O)c4cccc(c4O)C(=O)NCC3)CC2)c1O.[Tb]. The Morgan fingerprint density at radius 3 is 1.19 bits per heavy atom. The van der Waals surface area contributed by atoms with Crippen molar-refractivity contribution in [1.29, 1.82) is 0 Å². The van der Waals surface area contributed by atoms with Crippen LogP contribution in [0.2, 0.25) is 0 Å². The molecule has 1 saturated heterocycles. The van der Waals surface area contributed by atoms with Crippen molar-refractivity contribution in [3.8, 4) is 23.0 Å². The van der Waals surface area contributed by atoms with Crippen LogP contribution in [0.15, 0.2) is 72.8 Å². The summed E-state index contributed by atoms with van der Waals surface area (Å²) in [4.78, 5) is 166. The molecule has 31 nitrogen and oxygen atoms in total. The molecule has 0 aliphatic carbocycles. The minimum Gasteiger partial charge on any atom is -0.506 e. The van der Waals surface area contributed by atoms with Crippen molar-refractivity contribution < 1.29 is 126 Å². The number of nitrogens with zero attached hydrogens (tertiary/aromatic N) is 4. The fourth-order valence-corrected chi connectivity index (χ4v) is 9.87. The number of para-hydroxylation sites is 4. The van der Waals surface area contributed by atoms with Gasteiger partial charge in [0, 0.05) is 182 Å². The summed E-state index contributed by atoms with van der Waals surface area (Å²) in [6.07, 6.45) is -0.213. The molecule has 0 saturated carbocycles. The van der Waals surface area contributed by atoms with E-state index in [-0.39, 0.29) is 252 Å². The number of hydrogen-bond acceptors (Lipinski definition) is 21. The molecule has 32 heteroatoms. The van der Waals surface area contributed by atoms with Crippen LogP contribution in [0.3, 0.4) is 0 Å². The maximum Gasteiger partial charge on any atom is 0.333 e. The van der Waals surface area contributed by atoms with Gasteiger partial charge in [-0.2, -0.15) is 0 Å². The Labute approximate surface area is 564 Å². The van der Waals surface area contributed by atoms with Crippen LogP contribution in [-0.2, 0) is 28.8 Å². The summed E-state index contributed by atoms with van der Waals surface area (Å²) in [5.41, 5.74) is -1.55. The maximum absolute atomic E-state index is 13.7. The van der Waals surface area contributed by atoms with Gasteiger partial charge in [0.1, 0.15) is 23.0 Å². The van der Waals surface area contributed by atoms with Crippen molar-refractivity contribution in [2.75, 3.05) is 131 Å². The summed E-state index contributed by atoms with van der Waals surface area (Å²) >= 11 is 0. The normalized spacial score (nSPS) is 17.7. The van der Waals surface area contributed by atoms with Gasteiger partial charge in [-0.3, -0.25) is 67.4 Å². The number of fused-ring (bicyclic) bond motifs is 21. The number of ether oxygens (including phenoxy) is 1. The van der Waals surface area contributed by atoms with Crippen molar-refractivity contribution in [3.05, 3.63) is 117 Å². The van der Waals surface area contributed by atoms with E-state index in [1.807, 2.05) is 9.80 Å². The number of aromatic hydroxyl groups is 4. The van der Waals surface area contributed by atoms with E-state index in [0.717, 1.165) is 0 Å². The standard InChI is InChI=1S/C61H75N13O18.Tb/c75-46(14-5-15-49(78)92-74-47(76)16-17-48(74)77)62-25-36-91-37-26-70-61(90)45-13-4-12-44(53(45)82)60(89)69-24-33-73-32-23-68-59(88)43-11-3-8-40(52(43)81)56(85)65-20-29-71-27-18-63-54(83)38-6-1-9-41(50(38)79)57(86)66-21-30-72(34-35-73)31-22-67-58(87)42-10-2-7-39(51(42)80)55(84)64-19-28-71;/h1-4,6-13,79-82H,5,14-37H2,(H,62,75)(H,63,83)(H,64,84)(H,65,85)(H,66,86)(H,67,87)(H,68,88)(H,69,89)(H,70,90);. The minimum absolute atomic E-state index is 0. The molecule has 4 aliphatic rings. The second-order valence-electron chi connectivity index (χ2n) is 21.2. The predicted octanol–water partition coefficient (Wildman–Crippen LogP) is -1.71. The summed E-state index contributed by atoms with van der Waals surface area (Å²) in [5, 5.41) is 69.8. The zero-order valence-corrected chi connectivity index (χ0v) is 52.9. The minimum atomic E-state index is -0.820. The number of benzene rings is 4. The fourth-order valence-electron chi connectivity index (χ4n) is 9.87. The molecule has 11 amide bonds. The molecule has 4 aliphatic heterocycles. The molecule has 1 fully saturated rings. The van der Waals surface area contributed by atoms with Gasteiger partial charge in [0.2, 0.25) is 5.91 Å². The van der Waals surface area contributed by atoms with Gasteiger partial charge in [-0.05, 0) is 55.0 Å². The number of rotatable bonds is 16. The molecule has 4 heterocycles. The molecule has 8 bridgehead atoms. The summed E-state index contributed by atoms with van der Waals surface area (Å²) in [6.45, 7) is 1.38. The van der Waals surface area contributed by atoms with E-state index in [4.69, 9.17) is 9.57 Å². The number of phenols is 4. The molecule has 4 aromatic carbocycles. The van der Waals surface area contributed by atoms with Crippen molar-refractivity contribution in [1.82, 2.24) is 67.6 Å². The molecular formula is C61H75N13O18Tb. The number of carbonyl (C=O) groups excluding carboxylic acids is 12. The Balaban J connectivity index is 0.0000137. The van der Waals surface area contributed by atoms with Crippen LogP contribution in [0, 0.1) is 38.6 Å². The molecule has 1 radical (unpaired) electrons. The average molecular weight is 1440 g/mol. The van der Waals surface area contributed by atoms with E-state index in [2.05, 4.69) is 47.9 Å². The number of nitrogens with one attached hydrogen (secondary N) is 9. The summed E-state index contributed by atoms with van der Waals surface area (Å²) < 4.78 is 5.48. The van der Waals surface area contributed by atoms with Gasteiger partial charge in [0.15, 0.2) is 0 Å². The second-order valence-corrected chi connectivity index (χ2v) is 21.2. The monoisotopic (exact) mass is 1440 g/mol. The third-order valence-electron chi connectivity index (χ3n) is 14.9. The molecule has 93 heavy (non-hydrogen) atoms. The van der Waals surface area contributed by atoms with Crippen molar-refractivity contribution in [2.24, 2.45) is 0 Å². The largest absolute Gasteiger partial charge is 0.506 e. The molecule has 0 spiro atoms. The van der Waals surface area contributed by atoms with Gasteiger partial charge in [0.25, 0.3) is 59.1 Å². The van der Waals surface area contributed by atoms with Crippen LogP contribution in [0.4, 0.5) is 0 Å². The van der Waals surface area contributed by atoms with E-state index < -0.39 is 88.0 Å². The van der Waals surface area contributed by atoms with E-state index in [1.165, 1.54) is 72.8 Å². The summed E-state index contributed by atoms with van der Waals surface area (Å²) in [5.74, 6) is -10.4. The van der Waals surface area contributed by atoms with Crippen LogP contribution in [0.1, 0.15) is 115 Å². The third kappa shape index (κ3) is 21.6. The van der Waals surface area contributed by atoms with E-state index in [0.29, 0.717) is 5.06 Å². The number of hydrogen-bond donors (Lipinski definition) is 13. The van der Waals surface area contributed by atoms with Gasteiger partial charge >= 0.3 is 5.97 Å². The molecule has 0 atom stereocenters. The summed E-state index contributed by atoms with van der Waals surface area (Å²) in [7, 11) is 0. The number of phenolic OH excluding ortho intramolecular Hbond substituents is 4. The molecule has 4 aromatic rings. The Bertz CT molecular complexity index is 3300. The van der Waals surface area contributed by atoms with Gasteiger partial charge in [-0.1, -0.05) is 24.3 Å². The third-order valence-corrected chi connectivity index (χ3v) is 14.9. The topological polar surface area (TPSA) is 425 Å². The second kappa shape index (κ2) is 36.9. The Morgan fingerprint density at radius 2 is 0.785 bits per heavy atom. The Kier molecular flexibility index (Phi) is 29.0. The van der Waals surface area contributed by atoms with Crippen molar-refractivity contribution in [3.63, 3.8) is 0 Å². The first kappa shape index (κ1) is 73.1. The zero-order valence-electron chi connectivity index (χ0n) is 50.7. The predicted molar refractivity (Wildman–Crippen MR) is 325 cm³/mol. The fraction of sp³-hybridized carbons (Fsp3) is 0.410. The van der Waals surface area contributed by atoms with Gasteiger partial charge < -0.3 is 77.9 Å². The van der Waals surface area contributed by atoms with Gasteiger partial charge in [-0.15, -0.1) is 5.06 Å². The van der Waals surface area contributed by atoms with E-state index in [9.17, 15) is 78.0 Å². The molecular weight excluding hydrogens is 1360 g/mol. The molecule has 8 rings (SSSR count). The Hall–Kier alpha value is -8.95. The first-order chi connectivity index (χ1) is 44.3. The quantitative estimate of drug-likeness (QED) is 0.0439. The van der Waals surface area contributed by atoms with Crippen LogP contribution in [-0.4, -0.2) is 242 Å². The van der Waals surface area contributed by atoms with Gasteiger partial charge in [0.05, 0.1) is 57.7 Å². The summed E-state index contributed by atoms with van der Waals surface area (Å²) in [6, 6.07) is 16.4. The van der Waals surface area contributed by atoms with Crippen LogP contribution in [0.25, 0.3) is 0 Å². The van der Waals surface area contributed by atoms with E-state index >= 15 is 0 Å². The smallest absolute Gasteiger partial charge is 0.333 e. The van der Waals surface area contributed by atoms with Crippen LogP contribution < -0.4 is 47.9 Å². The number of hydroxylamine groups is 2. The molecule has 13 N–H and O–H groups in total. The van der Waals surface area contributed by atoms with Crippen LogP contribution in [0.5, 0.6) is 23.0 Å². The Morgan fingerprint density at radius 1 is 0.430 bits per heavy atom. The molecule has 0 aromatic heterocycles. The zero-order chi connectivity index (χ0) is 66.1. The van der Waals surface area contributed by atoms with Crippen LogP contribution >= 0.6 is 0 Å². The number of carbonyl (C=O) groups is 12. The number of imide groups is 1. The van der Waals surface area contributed by atoms with E-state index in [1.54, 1.807) is 4.90 Å². The first-order valence-corrected chi connectivity index (χ1v) is 29.9. The van der Waals surface area contributed by atoms with Crippen molar-refractivity contribution in [2.45, 2.75) is 32.1 Å². The molecule has 501 valence electrons. The maximum atomic E-state index is 13.7. The number of amides is 11. The molecule has 0 unspecified atom stereocenters. The first-order valence-electron chi connectivity index (χ1n) is 29.9. The average Bonchev–Trinajstić information content (AvgIpc) is 1.68. The van der Waals surface area contributed by atoms with Crippen molar-refractivity contribution >= 4 is 70.9 Å². The van der Waals surface area contributed by atoms with Gasteiger partial charge in [-0.25, -0.2) is 4.79 Å².